The molecular formula is C15H23N3O2. The van der Waals surface area contributed by atoms with Crippen LogP contribution in [0, 0.1) is 5.41 Å². The minimum absolute atomic E-state index is 0.185. The lowest BCUT2D eigenvalue weighted by atomic mass is 9.80. The molecule has 1 aromatic carbocycles. The lowest BCUT2D eigenvalue weighted by Gasteiger charge is -2.38. The first-order chi connectivity index (χ1) is 9.41. The van der Waals surface area contributed by atoms with E-state index >= 15 is 0 Å². The molecule has 0 atom stereocenters. The summed E-state index contributed by atoms with van der Waals surface area (Å²) < 4.78 is 0. The minimum atomic E-state index is -0.951. The van der Waals surface area contributed by atoms with E-state index in [0.29, 0.717) is 11.4 Å². The molecular weight excluding hydrogens is 254 g/mol. The van der Waals surface area contributed by atoms with Crippen molar-refractivity contribution in [1.82, 2.24) is 4.90 Å². The highest BCUT2D eigenvalue weighted by Crippen LogP contribution is 2.32. The zero-order valence-corrected chi connectivity index (χ0v) is 12.1. The number of nitrogens with one attached hydrogen (secondary N) is 1. The second-order valence-corrected chi connectivity index (χ2v) is 6.04. The minimum Gasteiger partial charge on any atom is -0.478 e. The Morgan fingerprint density at radius 2 is 2.10 bits per heavy atom. The maximum Gasteiger partial charge on any atom is 0.337 e. The van der Waals surface area contributed by atoms with Crippen LogP contribution in [0.3, 0.4) is 0 Å². The van der Waals surface area contributed by atoms with Crippen LogP contribution in [0.15, 0.2) is 18.2 Å². The van der Waals surface area contributed by atoms with Gasteiger partial charge in [-0.05, 0) is 50.5 Å². The van der Waals surface area contributed by atoms with E-state index in [0.717, 1.165) is 32.5 Å². The van der Waals surface area contributed by atoms with Crippen molar-refractivity contribution in [3.05, 3.63) is 23.8 Å². The summed E-state index contributed by atoms with van der Waals surface area (Å²) in [5.74, 6) is -0.951. The molecule has 1 fully saturated rings. The topological polar surface area (TPSA) is 78.6 Å². The number of nitrogens with two attached hydrogens (primary N) is 1. The third-order valence-electron chi connectivity index (χ3n) is 4.21. The molecule has 0 aromatic heterocycles. The van der Waals surface area contributed by atoms with Crippen LogP contribution in [0.25, 0.3) is 0 Å². The number of carboxylic acid groups (broad SMARTS) is 1. The average Bonchev–Trinajstić information content (AvgIpc) is 2.41. The molecule has 0 saturated carbocycles. The summed E-state index contributed by atoms with van der Waals surface area (Å²) in [5, 5.41) is 12.5. The highest BCUT2D eigenvalue weighted by molar-refractivity contribution is 5.97. The van der Waals surface area contributed by atoms with Gasteiger partial charge in [0.25, 0.3) is 0 Å². The van der Waals surface area contributed by atoms with Crippen LogP contribution in [0.2, 0.25) is 0 Å². The molecule has 5 heteroatoms. The molecule has 4 N–H and O–H groups in total. The third-order valence-corrected chi connectivity index (χ3v) is 4.21. The van der Waals surface area contributed by atoms with E-state index in [2.05, 4.69) is 24.2 Å². The van der Waals surface area contributed by atoms with Gasteiger partial charge in [-0.2, -0.15) is 0 Å². The van der Waals surface area contributed by atoms with Crippen molar-refractivity contribution in [2.75, 3.05) is 37.7 Å². The zero-order chi connectivity index (χ0) is 14.8. The van der Waals surface area contributed by atoms with Crippen molar-refractivity contribution in [3.8, 4) is 0 Å². The van der Waals surface area contributed by atoms with Crippen LogP contribution in [0.5, 0.6) is 0 Å². The highest BCUT2D eigenvalue weighted by atomic mass is 16.4. The van der Waals surface area contributed by atoms with Gasteiger partial charge in [0.2, 0.25) is 0 Å². The zero-order valence-electron chi connectivity index (χ0n) is 12.1. The van der Waals surface area contributed by atoms with Crippen molar-refractivity contribution in [1.29, 1.82) is 0 Å². The van der Waals surface area contributed by atoms with E-state index in [1.165, 1.54) is 0 Å². The van der Waals surface area contributed by atoms with Crippen LogP contribution in [-0.2, 0) is 0 Å². The second-order valence-electron chi connectivity index (χ2n) is 6.04. The Balaban J connectivity index is 2.09. The Bertz CT molecular complexity index is 494. The summed E-state index contributed by atoms with van der Waals surface area (Å²) >= 11 is 0. The largest absolute Gasteiger partial charge is 0.478 e. The molecule has 1 saturated heterocycles. The van der Waals surface area contributed by atoms with Crippen LogP contribution in [0.1, 0.15) is 30.1 Å². The maximum atomic E-state index is 11.2. The van der Waals surface area contributed by atoms with Gasteiger partial charge < -0.3 is 21.1 Å². The number of carboxylic acids is 1. The van der Waals surface area contributed by atoms with Crippen molar-refractivity contribution < 1.29 is 9.90 Å². The standard InChI is InChI=1S/C15H23N3O2/c1-15(6-8-18(2)9-7-15)10-17-13-11(14(19)20)4-3-5-12(13)16/h3-5,17H,6-10,16H2,1-2H3,(H,19,20). The summed E-state index contributed by atoms with van der Waals surface area (Å²) in [6.07, 6.45) is 2.21. The lowest BCUT2D eigenvalue weighted by molar-refractivity contribution is 0.0697. The van der Waals surface area contributed by atoms with Crippen molar-refractivity contribution >= 4 is 17.3 Å². The van der Waals surface area contributed by atoms with Crippen molar-refractivity contribution in [2.24, 2.45) is 5.41 Å². The van der Waals surface area contributed by atoms with E-state index in [1.54, 1.807) is 18.2 Å². The first-order valence-corrected chi connectivity index (χ1v) is 6.95. The molecule has 2 rings (SSSR count). The number of aromatic carboxylic acids is 1. The summed E-state index contributed by atoms with van der Waals surface area (Å²) in [7, 11) is 2.13. The Morgan fingerprint density at radius 3 is 2.70 bits per heavy atom. The van der Waals surface area contributed by atoms with Gasteiger partial charge in [0.05, 0.1) is 16.9 Å². The van der Waals surface area contributed by atoms with Gasteiger partial charge in [-0.15, -0.1) is 0 Å². The smallest absolute Gasteiger partial charge is 0.337 e. The molecule has 0 bridgehead atoms. The first-order valence-electron chi connectivity index (χ1n) is 6.95. The number of benzene rings is 1. The van der Waals surface area contributed by atoms with Crippen LogP contribution >= 0.6 is 0 Å². The van der Waals surface area contributed by atoms with Gasteiger partial charge in [-0.1, -0.05) is 13.0 Å². The van der Waals surface area contributed by atoms with Gasteiger partial charge in [-0.25, -0.2) is 4.79 Å². The van der Waals surface area contributed by atoms with Gasteiger partial charge in [0.1, 0.15) is 0 Å². The molecule has 110 valence electrons. The number of piperidine rings is 1. The molecule has 5 nitrogen and oxygen atoms in total. The van der Waals surface area contributed by atoms with Gasteiger partial charge in [0, 0.05) is 6.54 Å². The molecule has 0 unspecified atom stereocenters. The fourth-order valence-electron chi connectivity index (χ4n) is 2.58. The second kappa shape index (κ2) is 5.71. The van der Waals surface area contributed by atoms with E-state index in [4.69, 9.17) is 5.73 Å². The summed E-state index contributed by atoms with van der Waals surface area (Å²) in [5.41, 5.74) is 7.36. The van der Waals surface area contributed by atoms with E-state index in [-0.39, 0.29) is 11.0 Å². The number of hydrogen-bond donors (Lipinski definition) is 3. The lowest BCUT2D eigenvalue weighted by Crippen LogP contribution is -2.40. The number of carbonyl (C=O) groups is 1. The SMILES string of the molecule is CN1CCC(C)(CNc2c(N)cccc2C(=O)O)CC1. The van der Waals surface area contributed by atoms with Gasteiger partial charge >= 0.3 is 5.97 Å². The molecule has 1 aromatic rings. The Kier molecular flexibility index (Phi) is 4.18. The third kappa shape index (κ3) is 3.22. The fraction of sp³-hybridized carbons (Fsp3) is 0.533. The number of anilines is 2. The predicted molar refractivity (Wildman–Crippen MR) is 81.1 cm³/mol. The molecule has 0 radical (unpaired) electrons. The quantitative estimate of drug-likeness (QED) is 0.735. The monoisotopic (exact) mass is 277 g/mol. The Morgan fingerprint density at radius 1 is 1.45 bits per heavy atom. The maximum absolute atomic E-state index is 11.2. The molecule has 0 spiro atoms. The Hall–Kier alpha value is -1.75. The summed E-state index contributed by atoms with van der Waals surface area (Å²) in [6, 6.07) is 4.98. The van der Waals surface area contributed by atoms with Crippen LogP contribution in [0.4, 0.5) is 11.4 Å². The number of likely N-dealkylation sites (tertiary alicyclic amines) is 1. The fourth-order valence-corrected chi connectivity index (χ4v) is 2.58. The van der Waals surface area contributed by atoms with Crippen molar-refractivity contribution in [3.63, 3.8) is 0 Å². The summed E-state index contributed by atoms with van der Waals surface area (Å²) in [6.45, 7) is 5.14. The predicted octanol–water partition coefficient (Wildman–Crippen LogP) is 2.11. The van der Waals surface area contributed by atoms with E-state index < -0.39 is 5.97 Å². The normalized spacial score (nSPS) is 18.7. The van der Waals surface area contributed by atoms with Gasteiger partial charge in [0.15, 0.2) is 0 Å². The molecule has 1 aliphatic heterocycles. The molecule has 1 heterocycles. The number of hydrogen-bond acceptors (Lipinski definition) is 4. The van der Waals surface area contributed by atoms with Gasteiger partial charge in [-0.3, -0.25) is 0 Å². The summed E-state index contributed by atoms with van der Waals surface area (Å²) in [4.78, 5) is 13.6. The van der Waals surface area contributed by atoms with E-state index in [9.17, 15) is 9.90 Å². The Labute approximate surface area is 119 Å². The average molecular weight is 277 g/mol. The number of nitrogen functional groups attached to an aromatic ring is 1. The molecule has 0 aliphatic carbocycles. The van der Waals surface area contributed by atoms with Crippen molar-refractivity contribution in [2.45, 2.75) is 19.8 Å². The number of para-hydroxylation sites is 1. The molecule has 0 amide bonds. The number of nitrogens with zero attached hydrogens (tertiary/aromatic N) is 1. The number of rotatable bonds is 4. The molecule has 1 aliphatic rings. The van der Waals surface area contributed by atoms with Crippen LogP contribution in [-0.4, -0.2) is 42.7 Å². The van der Waals surface area contributed by atoms with Crippen LogP contribution < -0.4 is 11.1 Å². The first kappa shape index (κ1) is 14.7. The molecule has 20 heavy (non-hydrogen) atoms. The highest BCUT2D eigenvalue weighted by Gasteiger charge is 2.29. The van der Waals surface area contributed by atoms with E-state index in [1.807, 2.05) is 0 Å².